The number of hydrogen-bond donors (Lipinski definition) is 3. The summed E-state index contributed by atoms with van der Waals surface area (Å²) in [6, 6.07) is 7.34. The molecular weight excluding hydrogens is 473 g/mol. The quantitative estimate of drug-likeness (QED) is 0.478. The highest BCUT2D eigenvalue weighted by Gasteiger charge is 2.35. The molecule has 1 saturated heterocycles. The maximum Gasteiger partial charge on any atom is 0.417 e. The fourth-order valence-electron chi connectivity index (χ4n) is 4.95. The van der Waals surface area contributed by atoms with Crippen LogP contribution in [0.4, 0.5) is 19.0 Å². The van der Waals surface area contributed by atoms with Gasteiger partial charge in [-0.3, -0.25) is 4.79 Å². The lowest BCUT2D eigenvalue weighted by Crippen LogP contribution is -2.43. The number of nitrogens with zero attached hydrogens (tertiary/aromatic N) is 2. The SMILES string of the molecule is O=C(NC(CCN1CC[C@H](CCc2ccc3c(n2)NCCC3)C1)C(=O)O)c1ccccc1C(F)(F)F. The number of rotatable bonds is 9. The van der Waals surface area contributed by atoms with E-state index in [0.717, 1.165) is 75.4 Å². The second-order valence-electron chi connectivity index (χ2n) is 9.53. The van der Waals surface area contributed by atoms with Crippen molar-refractivity contribution in [3.05, 3.63) is 58.8 Å². The Morgan fingerprint density at radius 1 is 1.22 bits per heavy atom. The van der Waals surface area contributed by atoms with Gasteiger partial charge >= 0.3 is 12.1 Å². The summed E-state index contributed by atoms with van der Waals surface area (Å²) in [4.78, 5) is 31.1. The number of fused-ring (bicyclic) bond motifs is 1. The summed E-state index contributed by atoms with van der Waals surface area (Å²) in [6.07, 6.45) is 0.434. The number of pyridine rings is 1. The Labute approximate surface area is 208 Å². The highest BCUT2D eigenvalue weighted by atomic mass is 19.4. The molecule has 1 fully saturated rings. The summed E-state index contributed by atoms with van der Waals surface area (Å²) in [5.74, 6) is -0.851. The van der Waals surface area contributed by atoms with Gasteiger partial charge in [-0.2, -0.15) is 13.2 Å². The number of carboxylic acids is 1. The average molecular weight is 505 g/mol. The molecule has 0 spiro atoms. The Morgan fingerprint density at radius 2 is 2.03 bits per heavy atom. The lowest BCUT2D eigenvalue weighted by atomic mass is 10.00. The van der Waals surface area contributed by atoms with Gasteiger partial charge in [0, 0.05) is 25.3 Å². The zero-order chi connectivity index (χ0) is 25.7. The number of anilines is 1. The van der Waals surface area contributed by atoms with Crippen molar-refractivity contribution < 1.29 is 27.9 Å². The minimum absolute atomic E-state index is 0.111. The lowest BCUT2D eigenvalue weighted by Gasteiger charge is -2.21. The van der Waals surface area contributed by atoms with Crippen LogP contribution in [0.15, 0.2) is 36.4 Å². The van der Waals surface area contributed by atoms with Crippen LogP contribution in [0.5, 0.6) is 0 Å². The van der Waals surface area contributed by atoms with Gasteiger partial charge in [0.25, 0.3) is 5.91 Å². The number of alkyl halides is 3. The average Bonchev–Trinajstić information content (AvgIpc) is 3.32. The number of amides is 1. The van der Waals surface area contributed by atoms with Gasteiger partial charge in [-0.05, 0) is 74.8 Å². The predicted molar refractivity (Wildman–Crippen MR) is 129 cm³/mol. The zero-order valence-corrected chi connectivity index (χ0v) is 20.0. The van der Waals surface area contributed by atoms with E-state index in [1.54, 1.807) is 0 Å². The van der Waals surface area contributed by atoms with Crippen molar-refractivity contribution in [2.24, 2.45) is 5.92 Å². The number of nitrogens with one attached hydrogen (secondary N) is 2. The van der Waals surface area contributed by atoms with Crippen LogP contribution >= 0.6 is 0 Å². The molecule has 4 rings (SSSR count). The second kappa shape index (κ2) is 11.3. The topological polar surface area (TPSA) is 94.6 Å². The molecule has 0 aliphatic carbocycles. The maximum atomic E-state index is 13.2. The van der Waals surface area contributed by atoms with Crippen LogP contribution < -0.4 is 10.6 Å². The highest BCUT2D eigenvalue weighted by molar-refractivity contribution is 5.98. The normalized spacial score (nSPS) is 18.8. The van der Waals surface area contributed by atoms with Gasteiger partial charge in [0.1, 0.15) is 11.9 Å². The smallest absolute Gasteiger partial charge is 0.417 e. The molecule has 2 aromatic rings. The Bertz CT molecular complexity index is 1090. The van der Waals surface area contributed by atoms with E-state index in [9.17, 15) is 27.9 Å². The fourth-order valence-corrected chi connectivity index (χ4v) is 4.95. The van der Waals surface area contributed by atoms with E-state index in [4.69, 9.17) is 4.98 Å². The van der Waals surface area contributed by atoms with E-state index >= 15 is 0 Å². The van der Waals surface area contributed by atoms with E-state index in [2.05, 4.69) is 27.7 Å². The first-order valence-corrected chi connectivity index (χ1v) is 12.4. The Kier molecular flexibility index (Phi) is 8.13. The number of aromatic nitrogens is 1. The third-order valence-corrected chi connectivity index (χ3v) is 6.95. The first-order chi connectivity index (χ1) is 17.2. The molecule has 194 valence electrons. The van der Waals surface area contributed by atoms with E-state index in [1.807, 2.05) is 0 Å². The van der Waals surface area contributed by atoms with E-state index in [0.29, 0.717) is 12.5 Å². The molecule has 1 aromatic heterocycles. The van der Waals surface area contributed by atoms with Gasteiger partial charge in [0.05, 0.1) is 11.1 Å². The third-order valence-electron chi connectivity index (χ3n) is 6.95. The molecule has 2 atom stereocenters. The summed E-state index contributed by atoms with van der Waals surface area (Å²) in [6.45, 7) is 3.03. The Balaban J connectivity index is 1.26. The highest BCUT2D eigenvalue weighted by Crippen LogP contribution is 2.32. The van der Waals surface area contributed by atoms with Crippen molar-refractivity contribution in [3.8, 4) is 0 Å². The molecule has 0 radical (unpaired) electrons. The van der Waals surface area contributed by atoms with Crippen molar-refractivity contribution >= 4 is 17.7 Å². The van der Waals surface area contributed by atoms with Gasteiger partial charge in [-0.15, -0.1) is 0 Å². The number of likely N-dealkylation sites (tertiary alicyclic amines) is 1. The van der Waals surface area contributed by atoms with Crippen molar-refractivity contribution in [1.29, 1.82) is 0 Å². The van der Waals surface area contributed by atoms with Crippen LogP contribution in [-0.2, 0) is 23.8 Å². The van der Waals surface area contributed by atoms with E-state index in [1.165, 1.54) is 17.7 Å². The second-order valence-corrected chi connectivity index (χ2v) is 9.53. The van der Waals surface area contributed by atoms with Gasteiger partial charge in [0.2, 0.25) is 0 Å². The lowest BCUT2D eigenvalue weighted by molar-refractivity contribution is -0.139. The minimum Gasteiger partial charge on any atom is -0.480 e. The molecule has 2 aliphatic rings. The monoisotopic (exact) mass is 504 g/mol. The molecule has 10 heteroatoms. The van der Waals surface area contributed by atoms with Gasteiger partial charge < -0.3 is 20.6 Å². The largest absolute Gasteiger partial charge is 0.480 e. The van der Waals surface area contributed by atoms with Crippen molar-refractivity contribution in [3.63, 3.8) is 0 Å². The van der Waals surface area contributed by atoms with Crippen LogP contribution in [-0.4, -0.2) is 59.1 Å². The van der Waals surface area contributed by atoms with Crippen molar-refractivity contribution in [2.45, 2.75) is 50.7 Å². The summed E-state index contributed by atoms with van der Waals surface area (Å²) < 4.78 is 39.7. The maximum absolute atomic E-state index is 13.2. The van der Waals surface area contributed by atoms with Crippen LogP contribution in [0, 0.1) is 5.92 Å². The molecule has 1 aromatic carbocycles. The van der Waals surface area contributed by atoms with Crippen LogP contribution in [0.3, 0.4) is 0 Å². The van der Waals surface area contributed by atoms with Crippen LogP contribution in [0.2, 0.25) is 0 Å². The molecule has 3 heterocycles. The number of carboxylic acid groups (broad SMARTS) is 1. The molecule has 36 heavy (non-hydrogen) atoms. The number of aryl methyl sites for hydroxylation is 2. The number of halogens is 3. The number of carbonyl (C=O) groups excluding carboxylic acids is 1. The molecule has 1 amide bonds. The molecular formula is C26H31F3N4O3. The number of aliphatic carboxylic acids is 1. The molecule has 0 saturated carbocycles. The predicted octanol–water partition coefficient (Wildman–Crippen LogP) is 3.99. The standard InChI is InChI=1S/C26H31F3N4O3/c27-26(28,29)21-6-2-1-5-20(21)24(34)32-22(25(35)36)12-15-33-14-11-17(16-33)7-9-19-10-8-18-4-3-13-30-23(18)31-19/h1-2,5-6,8,10,17,22H,3-4,7,9,11-16H2,(H,30,31)(H,32,34)(H,35,36)/t17-,22?/m0/s1. The van der Waals surface area contributed by atoms with Crippen LogP contribution in [0.25, 0.3) is 0 Å². The van der Waals surface area contributed by atoms with Crippen molar-refractivity contribution in [2.75, 3.05) is 31.5 Å². The van der Waals surface area contributed by atoms with Crippen molar-refractivity contribution in [1.82, 2.24) is 15.2 Å². The Morgan fingerprint density at radius 3 is 2.81 bits per heavy atom. The first kappa shape index (κ1) is 25.9. The summed E-state index contributed by atoms with van der Waals surface area (Å²) in [7, 11) is 0. The third kappa shape index (κ3) is 6.54. The van der Waals surface area contributed by atoms with Gasteiger partial charge in [-0.1, -0.05) is 18.2 Å². The summed E-state index contributed by atoms with van der Waals surface area (Å²) in [5, 5.41) is 15.2. The first-order valence-electron chi connectivity index (χ1n) is 12.4. The molecule has 0 bridgehead atoms. The number of carbonyl (C=O) groups is 2. The summed E-state index contributed by atoms with van der Waals surface area (Å²) >= 11 is 0. The number of hydrogen-bond acceptors (Lipinski definition) is 5. The van der Waals surface area contributed by atoms with E-state index in [-0.39, 0.29) is 6.42 Å². The fraction of sp³-hybridized carbons (Fsp3) is 0.500. The molecule has 1 unspecified atom stereocenters. The molecule has 7 nitrogen and oxygen atoms in total. The van der Waals surface area contributed by atoms with Gasteiger partial charge in [-0.25, -0.2) is 9.78 Å². The molecule has 3 N–H and O–H groups in total. The Hall–Kier alpha value is -3.14. The minimum atomic E-state index is -4.71. The van der Waals surface area contributed by atoms with Crippen LogP contribution in [0.1, 0.15) is 52.9 Å². The van der Waals surface area contributed by atoms with Gasteiger partial charge in [0.15, 0.2) is 0 Å². The summed E-state index contributed by atoms with van der Waals surface area (Å²) in [5.41, 5.74) is 0.662. The number of benzene rings is 1. The van der Waals surface area contributed by atoms with E-state index < -0.39 is 35.2 Å². The molecule has 2 aliphatic heterocycles. The zero-order valence-electron chi connectivity index (χ0n) is 20.0.